The number of unbranched alkanes of at least 4 members (excludes halogenated alkanes) is 1. The van der Waals surface area contributed by atoms with Crippen LogP contribution in [-0.2, 0) is 4.74 Å². The van der Waals surface area contributed by atoms with Crippen LogP contribution >= 0.6 is 12.4 Å². The summed E-state index contributed by atoms with van der Waals surface area (Å²) in [6.07, 6.45) is 3.29. The maximum atomic E-state index is 12.4. The first-order valence-electron chi connectivity index (χ1n) is 8.21. The van der Waals surface area contributed by atoms with Crippen LogP contribution in [0.25, 0.3) is 0 Å². The zero-order valence-corrected chi connectivity index (χ0v) is 14.8. The van der Waals surface area contributed by atoms with Crippen LogP contribution in [0.2, 0.25) is 0 Å². The maximum Gasteiger partial charge on any atom is 0.251 e. The lowest BCUT2D eigenvalue weighted by atomic mass is 10.0. The first-order valence-corrected chi connectivity index (χ1v) is 8.21. The van der Waals surface area contributed by atoms with E-state index in [2.05, 4.69) is 12.2 Å². The van der Waals surface area contributed by atoms with Crippen molar-refractivity contribution in [2.75, 3.05) is 13.2 Å². The Morgan fingerprint density at radius 1 is 1.42 bits per heavy atom. The topological polar surface area (TPSA) is 91.4 Å². The molecule has 0 radical (unpaired) electrons. The van der Waals surface area contributed by atoms with Gasteiger partial charge in [-0.25, -0.2) is 0 Å². The Hall–Kier alpha value is -1.79. The third kappa shape index (κ3) is 5.39. The number of nitrogens with one attached hydrogen (secondary N) is 2. The molecular formula is C17H27ClN4O2. The van der Waals surface area contributed by atoms with Crippen molar-refractivity contribution in [2.45, 2.75) is 44.9 Å². The lowest BCUT2D eigenvalue weighted by Crippen LogP contribution is -2.59. The first-order chi connectivity index (χ1) is 11.1. The third-order valence-corrected chi connectivity index (χ3v) is 4.01. The van der Waals surface area contributed by atoms with Gasteiger partial charge in [0.25, 0.3) is 5.91 Å². The van der Waals surface area contributed by atoms with Gasteiger partial charge in [0, 0.05) is 18.7 Å². The second-order valence-corrected chi connectivity index (χ2v) is 5.78. The summed E-state index contributed by atoms with van der Waals surface area (Å²) in [7, 11) is 0. The minimum atomic E-state index is -0.375. The molecule has 2 rings (SSSR count). The number of carbonyl (C=O) groups excluding carboxylic acids is 1. The molecule has 1 aliphatic rings. The van der Waals surface area contributed by atoms with E-state index in [1.807, 2.05) is 18.2 Å². The van der Waals surface area contributed by atoms with Crippen molar-refractivity contribution in [3.8, 4) is 0 Å². The molecule has 1 saturated heterocycles. The molecule has 1 aromatic rings. The molecule has 0 aliphatic carbocycles. The van der Waals surface area contributed by atoms with E-state index >= 15 is 0 Å². The zero-order chi connectivity index (χ0) is 16.7. The van der Waals surface area contributed by atoms with Crippen molar-refractivity contribution in [2.24, 2.45) is 5.73 Å². The molecule has 4 N–H and O–H groups in total. The summed E-state index contributed by atoms with van der Waals surface area (Å²) in [5.41, 5.74) is 6.31. The van der Waals surface area contributed by atoms with Crippen LogP contribution in [0.4, 0.5) is 0 Å². The van der Waals surface area contributed by atoms with Crippen molar-refractivity contribution in [3.63, 3.8) is 0 Å². The number of halogens is 1. The summed E-state index contributed by atoms with van der Waals surface area (Å²) in [6.45, 7) is 3.38. The number of hydrogen-bond acceptors (Lipinski definition) is 3. The van der Waals surface area contributed by atoms with Gasteiger partial charge in [0.2, 0.25) is 0 Å². The van der Waals surface area contributed by atoms with Crippen LogP contribution in [-0.4, -0.2) is 42.2 Å². The summed E-state index contributed by atoms with van der Waals surface area (Å²) < 4.78 is 5.94. The van der Waals surface area contributed by atoms with Gasteiger partial charge in [-0.15, -0.1) is 12.4 Å². The predicted molar refractivity (Wildman–Crippen MR) is 97.4 cm³/mol. The van der Waals surface area contributed by atoms with Gasteiger partial charge in [0.05, 0.1) is 6.04 Å². The van der Waals surface area contributed by atoms with Crippen molar-refractivity contribution in [1.29, 1.82) is 5.41 Å². The highest BCUT2D eigenvalue weighted by atomic mass is 35.5. The average Bonchev–Trinajstić information content (AvgIpc) is 2.56. The number of amides is 1. The highest BCUT2D eigenvalue weighted by molar-refractivity contribution is 5.94. The molecule has 1 heterocycles. The van der Waals surface area contributed by atoms with Crippen LogP contribution < -0.4 is 11.1 Å². The summed E-state index contributed by atoms with van der Waals surface area (Å²) >= 11 is 0. The average molecular weight is 355 g/mol. The molecule has 1 aromatic carbocycles. The van der Waals surface area contributed by atoms with E-state index in [9.17, 15) is 4.79 Å². The van der Waals surface area contributed by atoms with Gasteiger partial charge >= 0.3 is 0 Å². The fourth-order valence-electron chi connectivity index (χ4n) is 2.77. The Morgan fingerprint density at radius 3 is 2.75 bits per heavy atom. The lowest BCUT2D eigenvalue weighted by molar-refractivity contribution is -0.0665. The molecule has 0 unspecified atom stereocenters. The molecule has 0 aromatic heterocycles. The first kappa shape index (κ1) is 20.3. The van der Waals surface area contributed by atoms with Crippen molar-refractivity contribution in [1.82, 2.24) is 10.2 Å². The quantitative estimate of drug-likeness (QED) is 0.415. The summed E-state index contributed by atoms with van der Waals surface area (Å²) in [5.74, 6) is -0.129. The largest absolute Gasteiger partial charge is 0.370 e. The van der Waals surface area contributed by atoms with Crippen molar-refractivity contribution < 1.29 is 9.53 Å². The lowest BCUT2D eigenvalue weighted by Gasteiger charge is -2.41. The number of guanidine groups is 1. The molecule has 0 bridgehead atoms. The van der Waals surface area contributed by atoms with Gasteiger partial charge in [0.15, 0.2) is 12.2 Å². The Balaban J connectivity index is 0.00000288. The fourth-order valence-corrected chi connectivity index (χ4v) is 2.77. The standard InChI is InChI=1S/C17H26N4O2.ClH/c1-2-3-12-23-16-14(10-7-11-21(16)17(18)19)20-15(22)13-8-5-4-6-9-13;/h4-6,8-9,14,16H,2-3,7,10-12H2,1H3,(H3,18,19)(H,20,22);1H/t14-,16-;/m0./s1. The van der Waals surface area contributed by atoms with E-state index in [0.717, 1.165) is 25.7 Å². The molecule has 1 aliphatic heterocycles. The van der Waals surface area contributed by atoms with Crippen LogP contribution in [0.15, 0.2) is 30.3 Å². The van der Waals surface area contributed by atoms with Crippen LogP contribution in [0.5, 0.6) is 0 Å². The van der Waals surface area contributed by atoms with Gasteiger partial charge in [0.1, 0.15) is 0 Å². The van der Waals surface area contributed by atoms with E-state index in [4.69, 9.17) is 15.9 Å². The molecule has 0 saturated carbocycles. The summed E-state index contributed by atoms with van der Waals surface area (Å²) in [4.78, 5) is 14.1. The number of likely N-dealkylation sites (tertiary alicyclic amines) is 1. The normalized spacial score (nSPS) is 20.1. The Morgan fingerprint density at radius 2 is 2.12 bits per heavy atom. The van der Waals surface area contributed by atoms with Crippen LogP contribution in [0.1, 0.15) is 43.0 Å². The second-order valence-electron chi connectivity index (χ2n) is 5.78. The molecule has 2 atom stereocenters. The van der Waals surface area contributed by atoms with Crippen molar-refractivity contribution >= 4 is 24.3 Å². The minimum Gasteiger partial charge on any atom is -0.370 e. The molecule has 134 valence electrons. The van der Waals surface area contributed by atoms with Crippen LogP contribution in [0, 0.1) is 5.41 Å². The number of carbonyl (C=O) groups is 1. The van der Waals surface area contributed by atoms with E-state index in [1.165, 1.54) is 0 Å². The number of rotatable bonds is 6. The number of nitrogens with two attached hydrogens (primary N) is 1. The van der Waals surface area contributed by atoms with Gasteiger partial charge in [-0.05, 0) is 31.4 Å². The molecule has 7 heteroatoms. The second kappa shape index (κ2) is 10.2. The number of nitrogens with zero attached hydrogens (tertiary/aromatic N) is 1. The Kier molecular flexibility index (Phi) is 8.57. The smallest absolute Gasteiger partial charge is 0.251 e. The maximum absolute atomic E-state index is 12.4. The minimum absolute atomic E-state index is 0. The fraction of sp³-hybridized carbons (Fsp3) is 0.529. The van der Waals surface area contributed by atoms with Crippen molar-refractivity contribution in [3.05, 3.63) is 35.9 Å². The molecule has 24 heavy (non-hydrogen) atoms. The number of ether oxygens (including phenoxy) is 1. The van der Waals surface area contributed by atoms with E-state index < -0.39 is 0 Å². The SMILES string of the molecule is CCCCO[C@H]1[C@@H](NC(=O)c2ccccc2)CCCN1C(=N)N.Cl. The van der Waals surface area contributed by atoms with E-state index in [0.29, 0.717) is 18.7 Å². The van der Waals surface area contributed by atoms with Gasteiger partial charge < -0.3 is 20.7 Å². The molecule has 1 amide bonds. The van der Waals surface area contributed by atoms with E-state index in [-0.39, 0.29) is 36.5 Å². The number of benzene rings is 1. The number of piperidine rings is 1. The zero-order valence-electron chi connectivity index (χ0n) is 14.0. The molecule has 1 fully saturated rings. The molecule has 6 nitrogen and oxygen atoms in total. The number of hydrogen-bond donors (Lipinski definition) is 3. The summed E-state index contributed by atoms with van der Waals surface area (Å²) in [6, 6.07) is 8.96. The highest BCUT2D eigenvalue weighted by Gasteiger charge is 2.34. The Bertz CT molecular complexity index is 527. The third-order valence-electron chi connectivity index (χ3n) is 4.01. The van der Waals surface area contributed by atoms with Crippen LogP contribution in [0.3, 0.4) is 0 Å². The molecular weight excluding hydrogens is 328 g/mol. The summed E-state index contributed by atoms with van der Waals surface area (Å²) in [5, 5.41) is 10.8. The van der Waals surface area contributed by atoms with Gasteiger partial charge in [-0.2, -0.15) is 0 Å². The van der Waals surface area contributed by atoms with E-state index in [1.54, 1.807) is 17.0 Å². The Labute approximate surface area is 149 Å². The highest BCUT2D eigenvalue weighted by Crippen LogP contribution is 2.19. The van der Waals surface area contributed by atoms with Gasteiger partial charge in [-0.1, -0.05) is 31.5 Å². The monoisotopic (exact) mass is 354 g/mol. The van der Waals surface area contributed by atoms with Gasteiger partial charge in [-0.3, -0.25) is 10.2 Å². The predicted octanol–water partition coefficient (Wildman–Crippen LogP) is 2.34. The molecule has 0 spiro atoms.